The van der Waals surface area contributed by atoms with Gasteiger partial charge in [0.05, 0.1) is 0 Å². The highest BCUT2D eigenvalue weighted by atomic mass is 32.1. The van der Waals surface area contributed by atoms with Crippen LogP contribution in [0.4, 0.5) is 0 Å². The number of nitrogens with one attached hydrogen (secondary N) is 1. The first kappa shape index (κ1) is 10.0. The molecule has 0 amide bonds. The summed E-state index contributed by atoms with van der Waals surface area (Å²) in [6.07, 6.45) is 0. The lowest BCUT2D eigenvalue weighted by Gasteiger charge is -2.12. The van der Waals surface area contributed by atoms with Gasteiger partial charge in [-0.05, 0) is 29.4 Å². The molecule has 1 atom stereocenters. The quantitative estimate of drug-likeness (QED) is 0.762. The van der Waals surface area contributed by atoms with Gasteiger partial charge in [0.1, 0.15) is 0 Å². The highest BCUT2D eigenvalue weighted by Gasteiger charge is 2.11. The Kier molecular flexibility index (Phi) is 3.11. The lowest BCUT2D eigenvalue weighted by molar-refractivity contribution is 0.670. The predicted octanol–water partition coefficient (Wildman–Crippen LogP) is 3.09. The predicted molar refractivity (Wildman–Crippen MR) is 67.5 cm³/mol. The number of thiol groups is 1. The Bertz CT molecular complexity index is 418. The van der Waals surface area contributed by atoms with E-state index in [4.69, 9.17) is 0 Å². The molecule has 0 aliphatic rings. The summed E-state index contributed by atoms with van der Waals surface area (Å²) in [5, 5.41) is 6.85. The molecule has 1 aromatic heterocycles. The number of hydrogen-bond donors (Lipinski definition) is 2. The van der Waals surface area contributed by atoms with Crippen LogP contribution in [0.5, 0.6) is 0 Å². The van der Waals surface area contributed by atoms with Crippen molar-refractivity contribution in [2.24, 2.45) is 0 Å². The highest BCUT2D eigenvalue weighted by Crippen LogP contribution is 2.30. The molecule has 0 radical (unpaired) electrons. The molecule has 0 fully saturated rings. The highest BCUT2D eigenvalue weighted by molar-refractivity contribution is 7.80. The van der Waals surface area contributed by atoms with Crippen LogP contribution < -0.4 is 5.32 Å². The van der Waals surface area contributed by atoms with E-state index in [1.54, 1.807) is 11.3 Å². The Morgan fingerprint density at radius 1 is 1.43 bits per heavy atom. The third kappa shape index (κ3) is 1.67. The molecule has 0 aliphatic heterocycles. The van der Waals surface area contributed by atoms with Gasteiger partial charge >= 0.3 is 0 Å². The molecule has 1 N–H and O–H groups in total. The Hall–Kier alpha value is -0.510. The van der Waals surface area contributed by atoms with Gasteiger partial charge < -0.3 is 5.32 Å². The van der Waals surface area contributed by atoms with Crippen molar-refractivity contribution in [3.8, 4) is 0 Å². The summed E-state index contributed by atoms with van der Waals surface area (Å²) < 4.78 is 1.35. The summed E-state index contributed by atoms with van der Waals surface area (Å²) in [6.45, 7) is 0. The van der Waals surface area contributed by atoms with Crippen LogP contribution in [0.1, 0.15) is 11.6 Å². The SMILES string of the molecule is CNC(CS)c1csc2ccccc12. The van der Waals surface area contributed by atoms with Crippen LogP contribution in [-0.2, 0) is 0 Å². The van der Waals surface area contributed by atoms with Crippen LogP contribution in [0, 0.1) is 0 Å². The van der Waals surface area contributed by atoms with Crippen molar-refractivity contribution >= 4 is 34.1 Å². The minimum atomic E-state index is 0.356. The van der Waals surface area contributed by atoms with Gasteiger partial charge in [0, 0.05) is 16.5 Å². The third-order valence-corrected chi connectivity index (χ3v) is 3.76. The zero-order valence-electron chi connectivity index (χ0n) is 8.03. The Morgan fingerprint density at radius 3 is 2.93 bits per heavy atom. The zero-order chi connectivity index (χ0) is 9.97. The van der Waals surface area contributed by atoms with Gasteiger partial charge in [-0.3, -0.25) is 0 Å². The first-order valence-electron chi connectivity index (χ1n) is 4.61. The molecule has 1 unspecified atom stereocenters. The van der Waals surface area contributed by atoms with E-state index < -0.39 is 0 Å². The molecule has 0 aliphatic carbocycles. The van der Waals surface area contributed by atoms with Gasteiger partial charge in [-0.25, -0.2) is 0 Å². The minimum absolute atomic E-state index is 0.356. The summed E-state index contributed by atoms with van der Waals surface area (Å²) >= 11 is 6.15. The molecule has 3 heteroatoms. The fourth-order valence-electron chi connectivity index (χ4n) is 1.61. The normalized spacial score (nSPS) is 13.3. The van der Waals surface area contributed by atoms with Crippen molar-refractivity contribution in [3.05, 3.63) is 35.2 Å². The van der Waals surface area contributed by atoms with E-state index in [1.165, 1.54) is 15.6 Å². The van der Waals surface area contributed by atoms with Gasteiger partial charge in [0.25, 0.3) is 0 Å². The lowest BCUT2D eigenvalue weighted by Crippen LogP contribution is -2.17. The van der Waals surface area contributed by atoms with E-state index in [1.807, 2.05) is 7.05 Å². The second-order valence-electron chi connectivity index (χ2n) is 3.21. The van der Waals surface area contributed by atoms with Crippen molar-refractivity contribution in [1.29, 1.82) is 0 Å². The van der Waals surface area contributed by atoms with Crippen molar-refractivity contribution in [2.45, 2.75) is 6.04 Å². The zero-order valence-corrected chi connectivity index (χ0v) is 9.74. The third-order valence-electron chi connectivity index (χ3n) is 2.42. The maximum Gasteiger partial charge on any atom is 0.0421 e. The summed E-state index contributed by atoms with van der Waals surface area (Å²) in [7, 11) is 1.98. The molecule has 1 nitrogen and oxygen atoms in total. The van der Waals surface area contributed by atoms with E-state index in [0.29, 0.717) is 6.04 Å². The molecule has 1 aromatic carbocycles. The van der Waals surface area contributed by atoms with Crippen LogP contribution >= 0.6 is 24.0 Å². The fourth-order valence-corrected chi connectivity index (χ4v) is 3.01. The maximum absolute atomic E-state index is 4.35. The molecular formula is C11H13NS2. The van der Waals surface area contributed by atoms with Crippen LogP contribution in [0.2, 0.25) is 0 Å². The molecular weight excluding hydrogens is 210 g/mol. The lowest BCUT2D eigenvalue weighted by atomic mass is 10.1. The van der Waals surface area contributed by atoms with Crippen molar-refractivity contribution in [1.82, 2.24) is 5.32 Å². The Labute approximate surface area is 93.6 Å². The van der Waals surface area contributed by atoms with Crippen LogP contribution in [0.3, 0.4) is 0 Å². The van der Waals surface area contributed by atoms with E-state index in [9.17, 15) is 0 Å². The average molecular weight is 223 g/mol. The number of thiophene rings is 1. The standard InChI is InChI=1S/C11H13NS2/c1-12-10(6-13)9-7-14-11-5-3-2-4-8(9)11/h2-5,7,10,12-13H,6H2,1H3. The van der Waals surface area contributed by atoms with Crippen molar-refractivity contribution < 1.29 is 0 Å². The number of benzene rings is 1. The molecule has 2 aromatic rings. The van der Waals surface area contributed by atoms with Gasteiger partial charge in [0.2, 0.25) is 0 Å². The number of hydrogen-bond acceptors (Lipinski definition) is 3. The van der Waals surface area contributed by atoms with Gasteiger partial charge in [-0.2, -0.15) is 12.6 Å². The molecule has 74 valence electrons. The van der Waals surface area contributed by atoms with E-state index in [0.717, 1.165) is 5.75 Å². The summed E-state index contributed by atoms with van der Waals surface area (Å²) in [4.78, 5) is 0. The van der Waals surface area contributed by atoms with Crippen LogP contribution in [0.15, 0.2) is 29.6 Å². The molecule has 0 saturated heterocycles. The molecule has 2 rings (SSSR count). The summed E-state index contributed by atoms with van der Waals surface area (Å²) in [5.74, 6) is 0.831. The summed E-state index contributed by atoms with van der Waals surface area (Å²) in [5.41, 5.74) is 1.36. The monoisotopic (exact) mass is 223 g/mol. The fraction of sp³-hybridized carbons (Fsp3) is 0.273. The Balaban J connectivity index is 2.51. The van der Waals surface area contributed by atoms with Crippen LogP contribution in [0.25, 0.3) is 10.1 Å². The van der Waals surface area contributed by atoms with E-state index >= 15 is 0 Å². The molecule has 14 heavy (non-hydrogen) atoms. The summed E-state index contributed by atoms with van der Waals surface area (Å²) in [6, 6.07) is 8.86. The van der Waals surface area contributed by atoms with E-state index in [2.05, 4.69) is 47.6 Å². The maximum atomic E-state index is 4.35. The van der Waals surface area contributed by atoms with Crippen molar-refractivity contribution in [2.75, 3.05) is 12.8 Å². The molecule has 0 spiro atoms. The first-order chi connectivity index (χ1) is 6.86. The topological polar surface area (TPSA) is 12.0 Å². The minimum Gasteiger partial charge on any atom is -0.312 e. The molecule has 1 heterocycles. The van der Waals surface area contributed by atoms with Gasteiger partial charge in [-0.15, -0.1) is 11.3 Å². The van der Waals surface area contributed by atoms with Gasteiger partial charge in [0.15, 0.2) is 0 Å². The van der Waals surface area contributed by atoms with Gasteiger partial charge in [-0.1, -0.05) is 18.2 Å². The second-order valence-corrected chi connectivity index (χ2v) is 4.49. The smallest absolute Gasteiger partial charge is 0.0421 e. The van der Waals surface area contributed by atoms with E-state index in [-0.39, 0.29) is 0 Å². The first-order valence-corrected chi connectivity index (χ1v) is 6.12. The molecule has 0 bridgehead atoms. The number of rotatable bonds is 3. The second kappa shape index (κ2) is 4.34. The van der Waals surface area contributed by atoms with Crippen LogP contribution in [-0.4, -0.2) is 12.8 Å². The Morgan fingerprint density at radius 2 is 2.21 bits per heavy atom. The van der Waals surface area contributed by atoms with Crippen molar-refractivity contribution in [3.63, 3.8) is 0 Å². The number of fused-ring (bicyclic) bond motifs is 1. The molecule has 0 saturated carbocycles. The average Bonchev–Trinajstić information content (AvgIpc) is 2.65. The largest absolute Gasteiger partial charge is 0.312 e.